The van der Waals surface area contributed by atoms with Gasteiger partial charge in [-0.2, -0.15) is 0 Å². The summed E-state index contributed by atoms with van der Waals surface area (Å²) in [5.41, 5.74) is 2.92. The Hall–Kier alpha value is -2.59. The number of fused-ring (bicyclic) bond motifs is 1. The lowest BCUT2D eigenvalue weighted by molar-refractivity contribution is 0.101. The quantitative estimate of drug-likeness (QED) is 0.706. The highest BCUT2D eigenvalue weighted by molar-refractivity contribution is 6.15. The molecule has 4 nitrogen and oxygen atoms in total. The molecule has 1 heterocycles. The lowest BCUT2D eigenvalue weighted by atomic mass is 9.99. The summed E-state index contributed by atoms with van der Waals surface area (Å²) in [7, 11) is 0. The monoisotopic (exact) mass is 365 g/mol. The lowest BCUT2D eigenvalue weighted by Crippen LogP contribution is -2.25. The first-order chi connectivity index (χ1) is 13.0. The molecule has 0 saturated heterocycles. The average Bonchev–Trinajstić information content (AvgIpc) is 2.96. The molecule has 0 aliphatic carbocycles. The number of ether oxygens (including phenoxy) is 1. The van der Waals surface area contributed by atoms with E-state index in [9.17, 15) is 9.90 Å². The van der Waals surface area contributed by atoms with Gasteiger partial charge in [0.2, 0.25) is 5.78 Å². The zero-order chi connectivity index (χ0) is 19.4. The second kappa shape index (κ2) is 8.40. The molecule has 0 saturated carbocycles. The molecule has 1 aliphatic heterocycles. The highest BCUT2D eigenvalue weighted by atomic mass is 16.5. The molecule has 0 fully saturated rings. The highest BCUT2D eigenvalue weighted by Gasteiger charge is 2.33. The van der Waals surface area contributed by atoms with Crippen molar-refractivity contribution in [2.75, 3.05) is 13.1 Å². The van der Waals surface area contributed by atoms with E-state index in [1.807, 2.05) is 37.3 Å². The van der Waals surface area contributed by atoms with Gasteiger partial charge in [-0.3, -0.25) is 9.69 Å². The molecular weight excluding hydrogens is 338 g/mol. The third-order valence-corrected chi connectivity index (χ3v) is 4.78. The topological polar surface area (TPSA) is 49.8 Å². The number of allylic oxidation sites excluding steroid dienone is 1. The van der Waals surface area contributed by atoms with Crippen molar-refractivity contribution >= 4 is 11.9 Å². The molecule has 0 spiro atoms. The molecule has 4 heteroatoms. The van der Waals surface area contributed by atoms with E-state index in [0.29, 0.717) is 29.2 Å². The molecule has 3 rings (SSSR count). The predicted molar refractivity (Wildman–Crippen MR) is 108 cm³/mol. The van der Waals surface area contributed by atoms with Gasteiger partial charge in [-0.25, -0.2) is 0 Å². The lowest BCUT2D eigenvalue weighted by Gasteiger charge is -2.22. The molecule has 0 amide bonds. The Morgan fingerprint density at radius 2 is 1.78 bits per heavy atom. The number of Topliss-reactive ketones (excluding diaryl/α,β-unsaturated/α-hetero) is 1. The first kappa shape index (κ1) is 19.2. The molecular formula is C23H27NO3. The van der Waals surface area contributed by atoms with Crippen LogP contribution in [0.2, 0.25) is 0 Å². The van der Waals surface area contributed by atoms with Crippen LogP contribution in [-0.4, -0.2) is 28.9 Å². The van der Waals surface area contributed by atoms with Crippen molar-refractivity contribution in [2.24, 2.45) is 0 Å². The number of nitrogens with zero attached hydrogens (tertiary/aromatic N) is 1. The summed E-state index contributed by atoms with van der Waals surface area (Å²) in [5, 5.41) is 10.6. The summed E-state index contributed by atoms with van der Waals surface area (Å²) < 4.78 is 6.00. The molecule has 0 atom stereocenters. The van der Waals surface area contributed by atoms with Crippen LogP contribution >= 0.6 is 0 Å². The van der Waals surface area contributed by atoms with Crippen LogP contribution in [0.5, 0.6) is 11.5 Å². The van der Waals surface area contributed by atoms with Crippen LogP contribution in [0.1, 0.15) is 53.7 Å². The van der Waals surface area contributed by atoms with Gasteiger partial charge in [0, 0.05) is 6.54 Å². The minimum atomic E-state index is -0.120. The van der Waals surface area contributed by atoms with Gasteiger partial charge in [-0.1, -0.05) is 44.2 Å². The molecule has 0 radical (unpaired) electrons. The van der Waals surface area contributed by atoms with Crippen LogP contribution in [0.15, 0.2) is 42.2 Å². The first-order valence-electron chi connectivity index (χ1n) is 9.62. The molecule has 0 aromatic heterocycles. The summed E-state index contributed by atoms with van der Waals surface area (Å²) in [6.45, 7) is 8.58. The van der Waals surface area contributed by atoms with Crippen molar-refractivity contribution in [1.29, 1.82) is 0 Å². The van der Waals surface area contributed by atoms with Gasteiger partial charge < -0.3 is 9.84 Å². The fourth-order valence-electron chi connectivity index (χ4n) is 3.56. The molecule has 1 aliphatic rings. The van der Waals surface area contributed by atoms with Crippen LogP contribution in [0, 0.1) is 6.92 Å². The molecule has 0 bridgehead atoms. The third-order valence-electron chi connectivity index (χ3n) is 4.78. The van der Waals surface area contributed by atoms with E-state index in [0.717, 1.165) is 37.1 Å². The zero-order valence-corrected chi connectivity index (χ0v) is 16.3. The second-order valence-corrected chi connectivity index (χ2v) is 7.02. The Kier molecular flexibility index (Phi) is 5.97. The van der Waals surface area contributed by atoms with Gasteiger partial charge in [0.15, 0.2) is 5.76 Å². The second-order valence-electron chi connectivity index (χ2n) is 7.02. The van der Waals surface area contributed by atoms with Gasteiger partial charge in [-0.15, -0.1) is 0 Å². The molecule has 2 aromatic rings. The number of hydrogen-bond donors (Lipinski definition) is 1. The minimum Gasteiger partial charge on any atom is -0.507 e. The molecule has 142 valence electrons. The molecule has 0 unspecified atom stereocenters. The van der Waals surface area contributed by atoms with E-state index in [1.165, 1.54) is 0 Å². The fourth-order valence-corrected chi connectivity index (χ4v) is 3.56. The number of carbonyl (C=O) groups is 1. The smallest absolute Gasteiger partial charge is 0.232 e. The van der Waals surface area contributed by atoms with Crippen molar-refractivity contribution in [3.05, 3.63) is 64.4 Å². The van der Waals surface area contributed by atoms with E-state index in [4.69, 9.17) is 4.74 Å². The number of carbonyl (C=O) groups excluding carboxylic acids is 1. The maximum atomic E-state index is 12.9. The maximum Gasteiger partial charge on any atom is 0.232 e. The maximum absolute atomic E-state index is 12.9. The SMILES string of the molecule is CCCN(CCC)Cc1c(O)cc(C)c2c1O/C(=C/c1ccccc1)C2=O. The highest BCUT2D eigenvalue weighted by Crippen LogP contribution is 2.42. The Morgan fingerprint density at radius 1 is 1.11 bits per heavy atom. The molecule has 2 aromatic carbocycles. The van der Waals surface area contributed by atoms with Crippen molar-refractivity contribution in [3.63, 3.8) is 0 Å². The van der Waals surface area contributed by atoms with Crippen LogP contribution in [0.3, 0.4) is 0 Å². The Balaban J connectivity index is 1.99. The Labute approximate surface area is 161 Å². The minimum absolute atomic E-state index is 0.120. The van der Waals surface area contributed by atoms with Gasteiger partial charge >= 0.3 is 0 Å². The van der Waals surface area contributed by atoms with E-state index >= 15 is 0 Å². The number of phenolic OH excluding ortho intramolecular Hbond substituents is 1. The van der Waals surface area contributed by atoms with E-state index < -0.39 is 0 Å². The van der Waals surface area contributed by atoms with Crippen molar-refractivity contribution < 1.29 is 14.6 Å². The third kappa shape index (κ3) is 4.06. The number of phenols is 1. The number of aryl methyl sites for hydroxylation is 1. The number of rotatable bonds is 7. The zero-order valence-electron chi connectivity index (χ0n) is 16.3. The fraction of sp³-hybridized carbons (Fsp3) is 0.348. The van der Waals surface area contributed by atoms with Crippen LogP contribution < -0.4 is 4.74 Å². The summed E-state index contributed by atoms with van der Waals surface area (Å²) in [5.74, 6) is 0.892. The number of hydrogen-bond acceptors (Lipinski definition) is 4. The van der Waals surface area contributed by atoms with E-state index in [-0.39, 0.29) is 11.5 Å². The summed E-state index contributed by atoms with van der Waals surface area (Å²) in [6.07, 6.45) is 3.83. The van der Waals surface area contributed by atoms with Crippen LogP contribution in [0.25, 0.3) is 6.08 Å². The van der Waals surface area contributed by atoms with Gasteiger partial charge in [0.05, 0.1) is 11.1 Å². The average molecular weight is 365 g/mol. The van der Waals surface area contributed by atoms with Crippen molar-refractivity contribution in [1.82, 2.24) is 4.90 Å². The van der Waals surface area contributed by atoms with Crippen molar-refractivity contribution in [2.45, 2.75) is 40.2 Å². The van der Waals surface area contributed by atoms with E-state index in [2.05, 4.69) is 18.7 Å². The Bertz CT molecular complexity index is 850. The first-order valence-corrected chi connectivity index (χ1v) is 9.62. The number of ketones is 1. The largest absolute Gasteiger partial charge is 0.507 e. The van der Waals surface area contributed by atoms with Gasteiger partial charge in [0.25, 0.3) is 0 Å². The van der Waals surface area contributed by atoms with Crippen LogP contribution in [0.4, 0.5) is 0 Å². The summed E-state index contributed by atoms with van der Waals surface area (Å²) in [4.78, 5) is 15.2. The van der Waals surface area contributed by atoms with E-state index in [1.54, 1.807) is 12.1 Å². The van der Waals surface area contributed by atoms with Gasteiger partial charge in [0.1, 0.15) is 11.5 Å². The number of benzene rings is 2. The number of aromatic hydroxyl groups is 1. The Morgan fingerprint density at radius 3 is 2.41 bits per heavy atom. The molecule has 27 heavy (non-hydrogen) atoms. The predicted octanol–water partition coefficient (Wildman–Crippen LogP) is 4.94. The molecule has 1 N–H and O–H groups in total. The van der Waals surface area contributed by atoms with Crippen LogP contribution in [-0.2, 0) is 6.54 Å². The standard InChI is InChI=1S/C23H27NO3/c1-4-11-24(12-5-2)15-18-19(25)13-16(3)21-22(26)20(27-23(18)21)14-17-9-7-6-8-10-17/h6-10,13-14,25H,4-5,11-12,15H2,1-3H3/b20-14+. The normalized spacial score (nSPS) is 14.7. The summed E-state index contributed by atoms with van der Waals surface area (Å²) in [6, 6.07) is 11.3. The van der Waals surface area contributed by atoms with Crippen molar-refractivity contribution in [3.8, 4) is 11.5 Å². The summed E-state index contributed by atoms with van der Waals surface area (Å²) >= 11 is 0. The van der Waals surface area contributed by atoms with Gasteiger partial charge in [-0.05, 0) is 56.1 Å².